The molecule has 4 aliphatic rings. The quantitative estimate of drug-likeness (QED) is 0.0585. The van der Waals surface area contributed by atoms with Crippen molar-refractivity contribution in [3.8, 4) is 34.0 Å². The SMILES string of the molecule is CC.CCOC[C@@H]1C(C(=O)OC)=CCN1c1cccc(-c2cccc(C)c2OCc2cc(C)c3c(c2)CCN(C(=O)OC(C)(C)C)C3)n1.CCOC[C@H]1C(C(=O)OC)=CCN1c1cccc(-c2cccc(C)c2OCc2cc(C)c3c(c2)CCN(C(=O)OC(C)(C)C)C3)n1. The summed E-state index contributed by atoms with van der Waals surface area (Å²) in [5.41, 5.74) is 14.7. The number of carbonyl (C=O) groups is 4. The third-order valence-electron chi connectivity index (χ3n) is 16.6. The number of carbonyl (C=O) groups excluding carboxylic acids is 4. The number of amides is 2. The maximum absolute atomic E-state index is 12.7. The average molecular weight is 1290 g/mol. The molecule has 94 heavy (non-hydrogen) atoms. The highest BCUT2D eigenvalue weighted by Gasteiger charge is 2.36. The summed E-state index contributed by atoms with van der Waals surface area (Å²) >= 11 is 0. The average Bonchev–Trinajstić information content (AvgIpc) is 1.28. The molecule has 502 valence electrons. The lowest BCUT2D eigenvalue weighted by Crippen LogP contribution is -2.40. The summed E-state index contributed by atoms with van der Waals surface area (Å²) in [6.45, 7) is 33.5. The van der Waals surface area contributed by atoms with Crippen LogP contribution in [0.3, 0.4) is 0 Å². The van der Waals surface area contributed by atoms with Crippen molar-refractivity contribution in [2.24, 2.45) is 0 Å². The molecule has 0 unspecified atom stereocenters. The van der Waals surface area contributed by atoms with E-state index in [2.05, 4.69) is 47.9 Å². The summed E-state index contributed by atoms with van der Waals surface area (Å²) in [6, 6.07) is 32.1. The number of aromatic nitrogens is 2. The Morgan fingerprint density at radius 2 is 0.904 bits per heavy atom. The van der Waals surface area contributed by atoms with Crippen LogP contribution in [0.4, 0.5) is 21.2 Å². The van der Waals surface area contributed by atoms with Crippen molar-refractivity contribution in [2.45, 2.75) is 159 Å². The van der Waals surface area contributed by atoms with Gasteiger partial charge in [-0.3, -0.25) is 0 Å². The molecule has 0 aliphatic carbocycles. The van der Waals surface area contributed by atoms with Crippen molar-refractivity contribution in [1.82, 2.24) is 19.8 Å². The Balaban J connectivity index is 0.000000235. The van der Waals surface area contributed by atoms with Gasteiger partial charge in [-0.05, 0) is 188 Å². The van der Waals surface area contributed by atoms with Gasteiger partial charge >= 0.3 is 24.1 Å². The van der Waals surface area contributed by atoms with Crippen molar-refractivity contribution < 1.29 is 57.1 Å². The van der Waals surface area contributed by atoms with Crippen LogP contribution in [-0.4, -0.2) is 134 Å². The van der Waals surface area contributed by atoms with E-state index in [0.717, 1.165) is 91.9 Å². The second kappa shape index (κ2) is 31.9. The van der Waals surface area contributed by atoms with E-state index in [1.54, 1.807) is 9.80 Å². The number of aryl methyl sites for hydroxylation is 4. The molecule has 6 aromatic rings. The molecular formula is C76H96N6O12. The van der Waals surface area contributed by atoms with E-state index in [1.165, 1.54) is 36.5 Å². The Bertz CT molecular complexity index is 3490. The topological polar surface area (TPSA) is 181 Å². The Hall–Kier alpha value is -8.74. The number of rotatable bonds is 18. The van der Waals surface area contributed by atoms with Crippen molar-refractivity contribution in [1.29, 1.82) is 0 Å². The smallest absolute Gasteiger partial charge is 0.410 e. The summed E-state index contributed by atoms with van der Waals surface area (Å²) < 4.78 is 45.8. The van der Waals surface area contributed by atoms with Crippen LogP contribution >= 0.6 is 0 Å². The first kappa shape index (κ1) is 71.1. The van der Waals surface area contributed by atoms with Crippen LogP contribution in [0.15, 0.2) is 120 Å². The zero-order valence-electron chi connectivity index (χ0n) is 58.0. The monoisotopic (exact) mass is 1280 g/mol. The number of anilines is 2. The molecule has 0 bridgehead atoms. The van der Waals surface area contributed by atoms with Gasteiger partial charge in [0.1, 0.15) is 47.6 Å². The van der Waals surface area contributed by atoms with Gasteiger partial charge in [-0.2, -0.15) is 0 Å². The van der Waals surface area contributed by atoms with Crippen LogP contribution < -0.4 is 19.3 Å². The third-order valence-corrected chi connectivity index (χ3v) is 16.6. The van der Waals surface area contributed by atoms with E-state index in [1.807, 2.05) is 168 Å². The molecule has 18 nitrogen and oxygen atoms in total. The number of hydrogen-bond acceptors (Lipinski definition) is 16. The standard InChI is InChI=1S/2C37H45N3O6.C2H6/c2*1-8-44-23-32-29(35(41)43-7)16-18-40(32)33-14-10-13-31(38-33)28-12-9-11-24(2)34(28)45-22-26-19-25(3)30-21-39(17-15-27(30)20-26)36(42)46-37(4,5)6;1-2/h2*9-14,16,19-20,32H,8,15,17-18,21-23H2,1-7H3;1-2H3/t2*32-;/m10./s1. The highest BCUT2D eigenvalue weighted by molar-refractivity contribution is 5.92. The molecule has 2 aromatic heterocycles. The van der Waals surface area contributed by atoms with Gasteiger partial charge in [0.2, 0.25) is 0 Å². The molecule has 0 spiro atoms. The predicted octanol–water partition coefficient (Wildman–Crippen LogP) is 14.2. The zero-order valence-corrected chi connectivity index (χ0v) is 58.0. The Kier molecular flexibility index (Phi) is 24.2. The summed E-state index contributed by atoms with van der Waals surface area (Å²) in [5, 5.41) is 0. The maximum Gasteiger partial charge on any atom is 0.410 e. The normalized spacial score (nSPS) is 15.9. The number of fused-ring (bicyclic) bond motifs is 2. The molecule has 0 fully saturated rings. The molecule has 18 heteroatoms. The van der Waals surface area contributed by atoms with Crippen LogP contribution in [0, 0.1) is 27.7 Å². The van der Waals surface area contributed by atoms with E-state index < -0.39 is 11.2 Å². The molecule has 0 saturated heterocycles. The molecule has 0 N–H and O–H groups in total. The van der Waals surface area contributed by atoms with E-state index in [-0.39, 0.29) is 36.2 Å². The summed E-state index contributed by atoms with van der Waals surface area (Å²) in [6.07, 6.45) is 4.77. The van der Waals surface area contributed by atoms with Gasteiger partial charge in [-0.25, -0.2) is 29.1 Å². The van der Waals surface area contributed by atoms with Crippen LogP contribution in [-0.2, 0) is 77.2 Å². The molecule has 4 aliphatic heterocycles. The molecular weight excluding hydrogens is 1190 g/mol. The largest absolute Gasteiger partial charge is 0.488 e. The highest BCUT2D eigenvalue weighted by atomic mass is 16.6. The number of nitrogens with zero attached hydrogens (tertiary/aromatic N) is 6. The lowest BCUT2D eigenvalue weighted by atomic mass is 9.93. The minimum atomic E-state index is -0.524. The first-order valence-electron chi connectivity index (χ1n) is 32.8. The molecule has 6 heterocycles. The minimum Gasteiger partial charge on any atom is -0.488 e. The molecule has 10 rings (SSSR count). The fraction of sp³-hybridized carbons (Fsp3) is 0.447. The van der Waals surface area contributed by atoms with Crippen molar-refractivity contribution in [2.75, 3.05) is 76.6 Å². The van der Waals surface area contributed by atoms with Crippen LogP contribution in [0.5, 0.6) is 11.5 Å². The predicted molar refractivity (Wildman–Crippen MR) is 367 cm³/mol. The number of para-hydroxylation sites is 2. The fourth-order valence-corrected chi connectivity index (χ4v) is 12.1. The van der Waals surface area contributed by atoms with Gasteiger partial charge in [0.25, 0.3) is 0 Å². The molecule has 0 saturated carbocycles. The fourth-order valence-electron chi connectivity index (χ4n) is 12.1. The maximum atomic E-state index is 12.7. The van der Waals surface area contributed by atoms with E-state index in [4.69, 9.17) is 47.9 Å². The van der Waals surface area contributed by atoms with E-state index >= 15 is 0 Å². The van der Waals surface area contributed by atoms with Gasteiger partial charge in [0.05, 0.1) is 62.1 Å². The first-order valence-corrected chi connectivity index (χ1v) is 32.8. The van der Waals surface area contributed by atoms with Gasteiger partial charge in [-0.1, -0.05) is 86.7 Å². The van der Waals surface area contributed by atoms with Crippen LogP contribution in [0.2, 0.25) is 0 Å². The molecule has 4 aromatic carbocycles. The zero-order chi connectivity index (χ0) is 68.0. The van der Waals surface area contributed by atoms with Gasteiger partial charge in [0.15, 0.2) is 0 Å². The third kappa shape index (κ3) is 17.5. The second-order valence-electron chi connectivity index (χ2n) is 25.6. The number of pyridine rings is 2. The van der Waals surface area contributed by atoms with Gasteiger partial charge in [0, 0.05) is 63.6 Å². The van der Waals surface area contributed by atoms with Crippen molar-refractivity contribution in [3.63, 3.8) is 0 Å². The lowest BCUT2D eigenvalue weighted by molar-refractivity contribution is -0.137. The van der Waals surface area contributed by atoms with Gasteiger partial charge < -0.3 is 57.5 Å². The first-order chi connectivity index (χ1) is 45.0. The van der Waals surface area contributed by atoms with E-state index in [0.29, 0.717) is 90.1 Å². The summed E-state index contributed by atoms with van der Waals surface area (Å²) in [5.74, 6) is 2.34. The van der Waals surface area contributed by atoms with Crippen LogP contribution in [0.1, 0.15) is 125 Å². The number of benzene rings is 4. The van der Waals surface area contributed by atoms with Gasteiger partial charge in [-0.15, -0.1) is 0 Å². The minimum absolute atomic E-state index is 0.274. The number of ether oxygens (including phenoxy) is 8. The molecule has 2 amide bonds. The molecule has 0 radical (unpaired) electrons. The Labute approximate surface area is 556 Å². The molecule has 2 atom stereocenters. The summed E-state index contributed by atoms with van der Waals surface area (Å²) in [4.78, 5) is 68.1. The number of methoxy groups -OCH3 is 2. The van der Waals surface area contributed by atoms with Crippen molar-refractivity contribution in [3.05, 3.63) is 176 Å². The second-order valence-corrected chi connectivity index (χ2v) is 25.6. The summed E-state index contributed by atoms with van der Waals surface area (Å²) in [7, 11) is 2.79. The van der Waals surface area contributed by atoms with E-state index in [9.17, 15) is 19.2 Å². The highest BCUT2D eigenvalue weighted by Crippen LogP contribution is 2.38. The Morgan fingerprint density at radius 3 is 1.27 bits per heavy atom. The number of hydrogen-bond donors (Lipinski definition) is 0. The van der Waals surface area contributed by atoms with Crippen molar-refractivity contribution >= 4 is 35.8 Å². The number of esters is 2. The Morgan fingerprint density at radius 1 is 0.521 bits per heavy atom. The lowest BCUT2D eigenvalue weighted by Gasteiger charge is -2.32. The van der Waals surface area contributed by atoms with Crippen LogP contribution in [0.25, 0.3) is 22.5 Å².